The lowest BCUT2D eigenvalue weighted by molar-refractivity contribution is 0.199. The molecule has 4 nitrogen and oxygen atoms in total. The second-order valence-electron chi connectivity index (χ2n) is 3.84. The summed E-state index contributed by atoms with van der Waals surface area (Å²) in [5, 5.41) is 3.26. The van der Waals surface area contributed by atoms with Gasteiger partial charge in [0.1, 0.15) is 0 Å². The fourth-order valence-electron chi connectivity index (χ4n) is 1.50. The Balaban J connectivity index is 1.88. The Morgan fingerprint density at radius 2 is 2.26 bits per heavy atom. The average Bonchev–Trinajstić information content (AvgIpc) is 2.97. The molecule has 0 radical (unpaired) electrons. The van der Waals surface area contributed by atoms with Gasteiger partial charge in [-0.15, -0.1) is 11.3 Å². The lowest BCUT2D eigenvalue weighted by atomic mass is 10.4. The third-order valence-electron chi connectivity index (χ3n) is 2.44. The molecular formula is C12H14Br2N2O2S. The second kappa shape index (κ2) is 7.54. The summed E-state index contributed by atoms with van der Waals surface area (Å²) in [4.78, 5) is 5.35. The summed E-state index contributed by atoms with van der Waals surface area (Å²) >= 11 is 8.56. The molecule has 2 aromatic rings. The molecule has 19 heavy (non-hydrogen) atoms. The van der Waals surface area contributed by atoms with Crippen molar-refractivity contribution in [3.05, 3.63) is 26.4 Å². The molecule has 0 amide bonds. The summed E-state index contributed by atoms with van der Waals surface area (Å²) in [7, 11) is 1.69. The highest BCUT2D eigenvalue weighted by Crippen LogP contribution is 2.38. The number of hydrogen-bond acceptors (Lipinski definition) is 5. The molecule has 2 rings (SSSR count). The average molecular weight is 410 g/mol. The van der Waals surface area contributed by atoms with Crippen LogP contribution in [-0.2, 0) is 11.2 Å². The minimum Gasteiger partial charge on any atom is -0.440 e. The van der Waals surface area contributed by atoms with Crippen molar-refractivity contribution in [1.29, 1.82) is 0 Å². The van der Waals surface area contributed by atoms with Crippen LogP contribution in [0.5, 0.6) is 0 Å². The molecule has 0 aliphatic heterocycles. The van der Waals surface area contributed by atoms with Crippen LogP contribution in [0.1, 0.15) is 5.89 Å². The molecule has 0 saturated heterocycles. The van der Waals surface area contributed by atoms with Gasteiger partial charge in [0.15, 0.2) is 11.7 Å². The molecule has 0 atom stereocenters. The molecule has 0 spiro atoms. The van der Waals surface area contributed by atoms with E-state index in [4.69, 9.17) is 9.15 Å². The molecule has 0 saturated carbocycles. The zero-order chi connectivity index (χ0) is 13.7. The Kier molecular flexibility index (Phi) is 6.03. The topological polar surface area (TPSA) is 47.3 Å². The molecule has 0 bridgehead atoms. The zero-order valence-electron chi connectivity index (χ0n) is 10.4. The molecule has 0 aromatic carbocycles. The van der Waals surface area contributed by atoms with Crippen LogP contribution < -0.4 is 5.32 Å². The fourth-order valence-corrected chi connectivity index (χ4v) is 3.48. The molecule has 1 N–H and O–H groups in total. The summed E-state index contributed by atoms with van der Waals surface area (Å²) in [6, 6.07) is 2.02. The third kappa shape index (κ3) is 4.39. The summed E-state index contributed by atoms with van der Waals surface area (Å²) in [6.07, 6.45) is 2.55. The van der Waals surface area contributed by atoms with E-state index in [1.165, 1.54) is 0 Å². The van der Waals surface area contributed by atoms with Crippen LogP contribution in [0.2, 0.25) is 0 Å². The van der Waals surface area contributed by atoms with Crippen molar-refractivity contribution in [1.82, 2.24) is 10.3 Å². The molecular weight excluding hydrogens is 396 g/mol. The number of thiophene rings is 1. The van der Waals surface area contributed by atoms with Gasteiger partial charge in [-0.2, -0.15) is 0 Å². The quantitative estimate of drug-likeness (QED) is 0.708. The largest absolute Gasteiger partial charge is 0.440 e. The molecule has 104 valence electrons. The van der Waals surface area contributed by atoms with Gasteiger partial charge in [-0.25, -0.2) is 4.98 Å². The van der Waals surface area contributed by atoms with E-state index in [0.717, 1.165) is 44.3 Å². The second-order valence-corrected chi connectivity index (χ2v) is 7.07. The number of nitrogens with zero attached hydrogens (tertiary/aromatic N) is 1. The highest BCUT2D eigenvalue weighted by Gasteiger charge is 2.11. The van der Waals surface area contributed by atoms with Gasteiger partial charge in [-0.1, -0.05) is 0 Å². The molecule has 7 heteroatoms. The number of rotatable bonds is 7. The van der Waals surface area contributed by atoms with Crippen LogP contribution in [0.15, 0.2) is 24.9 Å². The Labute approximate surface area is 132 Å². The monoisotopic (exact) mass is 408 g/mol. The van der Waals surface area contributed by atoms with E-state index < -0.39 is 0 Å². The molecule has 0 aliphatic rings. The van der Waals surface area contributed by atoms with Crippen molar-refractivity contribution in [2.45, 2.75) is 6.42 Å². The number of oxazole rings is 1. The number of ether oxygens (including phenoxy) is 1. The first kappa shape index (κ1) is 15.2. The summed E-state index contributed by atoms with van der Waals surface area (Å²) in [6.45, 7) is 2.39. The van der Waals surface area contributed by atoms with Crippen LogP contribution in [0, 0.1) is 0 Å². The van der Waals surface area contributed by atoms with Gasteiger partial charge in [0.25, 0.3) is 0 Å². The van der Waals surface area contributed by atoms with Gasteiger partial charge in [0.05, 0.1) is 21.5 Å². The molecule has 2 aromatic heterocycles. The maximum Gasteiger partial charge on any atom is 0.196 e. The van der Waals surface area contributed by atoms with Crippen molar-refractivity contribution < 1.29 is 9.15 Å². The van der Waals surface area contributed by atoms with Crippen LogP contribution in [-0.4, -0.2) is 31.8 Å². The van der Waals surface area contributed by atoms with Gasteiger partial charge in [-0.05, 0) is 37.9 Å². The van der Waals surface area contributed by atoms with Gasteiger partial charge < -0.3 is 14.5 Å². The SMILES string of the molecule is COCCNCCc1ncc(-c2cc(Br)c(Br)s2)o1. The highest BCUT2D eigenvalue weighted by atomic mass is 79.9. The minimum absolute atomic E-state index is 0.716. The Morgan fingerprint density at radius 3 is 2.95 bits per heavy atom. The fraction of sp³-hybridized carbons (Fsp3) is 0.417. The smallest absolute Gasteiger partial charge is 0.196 e. The Morgan fingerprint density at radius 1 is 1.42 bits per heavy atom. The van der Waals surface area contributed by atoms with Gasteiger partial charge in [0.2, 0.25) is 0 Å². The van der Waals surface area contributed by atoms with Gasteiger partial charge in [0, 0.05) is 31.1 Å². The normalized spacial score (nSPS) is 11.1. The van der Waals surface area contributed by atoms with Crippen molar-refractivity contribution in [2.75, 3.05) is 26.8 Å². The van der Waals surface area contributed by atoms with Gasteiger partial charge >= 0.3 is 0 Å². The molecule has 0 aliphatic carbocycles. The Hall–Kier alpha value is -0.210. The highest BCUT2D eigenvalue weighted by molar-refractivity contribution is 9.13. The summed E-state index contributed by atoms with van der Waals surface area (Å²) in [5.74, 6) is 1.56. The van der Waals surface area contributed by atoms with Crippen molar-refractivity contribution >= 4 is 43.2 Å². The number of halogens is 2. The van der Waals surface area contributed by atoms with Crippen molar-refractivity contribution in [2.24, 2.45) is 0 Å². The van der Waals surface area contributed by atoms with E-state index in [1.54, 1.807) is 24.6 Å². The standard InChI is InChI=1S/C12H14Br2N2O2S/c1-17-5-4-15-3-2-11-16-7-9(18-11)10-6-8(13)12(14)19-10/h6-7,15H,2-5H2,1H3. The van der Waals surface area contributed by atoms with E-state index in [-0.39, 0.29) is 0 Å². The molecule has 2 heterocycles. The number of hydrogen-bond donors (Lipinski definition) is 1. The zero-order valence-corrected chi connectivity index (χ0v) is 14.4. The van der Waals surface area contributed by atoms with E-state index >= 15 is 0 Å². The first-order valence-corrected chi connectivity index (χ1v) is 8.20. The third-order valence-corrected chi connectivity index (χ3v) is 5.71. The van der Waals surface area contributed by atoms with Crippen LogP contribution in [0.3, 0.4) is 0 Å². The summed E-state index contributed by atoms with van der Waals surface area (Å²) < 4.78 is 12.8. The van der Waals surface area contributed by atoms with Crippen LogP contribution >= 0.6 is 43.2 Å². The summed E-state index contributed by atoms with van der Waals surface area (Å²) in [5.41, 5.74) is 0. The van der Waals surface area contributed by atoms with E-state index in [9.17, 15) is 0 Å². The van der Waals surface area contributed by atoms with E-state index in [0.29, 0.717) is 6.61 Å². The predicted octanol–water partition coefficient (Wildman–Crippen LogP) is 3.71. The van der Waals surface area contributed by atoms with Crippen molar-refractivity contribution in [3.8, 4) is 10.6 Å². The maximum absolute atomic E-state index is 5.73. The van der Waals surface area contributed by atoms with Gasteiger partial charge in [-0.3, -0.25) is 0 Å². The number of nitrogens with one attached hydrogen (secondary N) is 1. The predicted molar refractivity (Wildman–Crippen MR) is 83.7 cm³/mol. The maximum atomic E-state index is 5.73. The first-order valence-electron chi connectivity index (χ1n) is 5.80. The molecule has 0 fully saturated rings. The van der Waals surface area contributed by atoms with Crippen LogP contribution in [0.4, 0.5) is 0 Å². The first-order chi connectivity index (χ1) is 9.20. The molecule has 0 unspecified atom stereocenters. The number of methoxy groups -OCH3 is 1. The lowest BCUT2D eigenvalue weighted by Gasteiger charge is -2.00. The lowest BCUT2D eigenvalue weighted by Crippen LogP contribution is -2.21. The van der Waals surface area contributed by atoms with Crippen LogP contribution in [0.25, 0.3) is 10.6 Å². The minimum atomic E-state index is 0.716. The van der Waals surface area contributed by atoms with E-state index in [1.807, 2.05) is 6.07 Å². The van der Waals surface area contributed by atoms with Crippen molar-refractivity contribution in [3.63, 3.8) is 0 Å². The van der Waals surface area contributed by atoms with E-state index in [2.05, 4.69) is 42.2 Å². The number of aromatic nitrogens is 1. The Bertz CT molecular complexity index is 508.